The summed E-state index contributed by atoms with van der Waals surface area (Å²) in [6, 6.07) is 5.52. The SMILES string of the molecule is C=CCN(C(=O)C(C)NC(=O)OC(C)(C)C)C(C(=O)NCCCC)c1cccc(C=C)c1. The Bertz CT molecular complexity index is 814. The van der Waals surface area contributed by atoms with E-state index in [2.05, 4.69) is 23.8 Å². The summed E-state index contributed by atoms with van der Waals surface area (Å²) in [4.78, 5) is 40.1. The molecule has 0 saturated heterocycles. The second-order valence-electron chi connectivity index (χ2n) is 8.57. The van der Waals surface area contributed by atoms with Gasteiger partial charge in [-0.05, 0) is 51.3 Å². The first-order valence-corrected chi connectivity index (χ1v) is 10.9. The van der Waals surface area contributed by atoms with Crippen molar-refractivity contribution in [3.8, 4) is 0 Å². The summed E-state index contributed by atoms with van der Waals surface area (Å²) in [7, 11) is 0. The number of rotatable bonds is 11. The molecule has 2 unspecified atom stereocenters. The van der Waals surface area contributed by atoms with Gasteiger partial charge in [0.25, 0.3) is 0 Å². The maximum absolute atomic E-state index is 13.3. The molecule has 0 bridgehead atoms. The van der Waals surface area contributed by atoms with Crippen LogP contribution >= 0.6 is 0 Å². The maximum Gasteiger partial charge on any atom is 0.408 e. The Morgan fingerprint density at radius 2 is 1.91 bits per heavy atom. The van der Waals surface area contributed by atoms with E-state index in [1.54, 1.807) is 45.9 Å². The monoisotopic (exact) mass is 443 g/mol. The lowest BCUT2D eigenvalue weighted by Crippen LogP contribution is -2.52. The number of carbonyl (C=O) groups excluding carboxylic acids is 3. The first-order chi connectivity index (χ1) is 15.0. The van der Waals surface area contributed by atoms with Crippen molar-refractivity contribution in [2.75, 3.05) is 13.1 Å². The number of alkyl carbamates (subject to hydrolysis) is 1. The van der Waals surface area contributed by atoms with E-state index < -0.39 is 29.7 Å². The number of hydrogen-bond donors (Lipinski definition) is 2. The molecule has 0 fully saturated rings. The number of amides is 3. The van der Waals surface area contributed by atoms with Crippen LogP contribution in [0.5, 0.6) is 0 Å². The van der Waals surface area contributed by atoms with E-state index in [1.165, 1.54) is 4.90 Å². The summed E-state index contributed by atoms with van der Waals surface area (Å²) in [5, 5.41) is 5.48. The van der Waals surface area contributed by atoms with Gasteiger partial charge in [0.05, 0.1) is 0 Å². The normalized spacial score (nSPS) is 12.8. The Hall–Kier alpha value is -3.09. The molecule has 1 aromatic rings. The Kier molecular flexibility index (Phi) is 10.7. The van der Waals surface area contributed by atoms with Gasteiger partial charge >= 0.3 is 6.09 Å². The van der Waals surface area contributed by atoms with Gasteiger partial charge in [0.2, 0.25) is 11.8 Å². The Morgan fingerprint density at radius 1 is 1.22 bits per heavy atom. The summed E-state index contributed by atoms with van der Waals surface area (Å²) in [5.74, 6) is -0.713. The molecule has 3 amide bonds. The third kappa shape index (κ3) is 8.57. The van der Waals surface area contributed by atoms with Gasteiger partial charge in [-0.15, -0.1) is 6.58 Å². The highest BCUT2D eigenvalue weighted by Gasteiger charge is 2.34. The molecule has 0 aliphatic carbocycles. The number of unbranched alkanes of at least 4 members (excludes halogenated alkanes) is 1. The zero-order valence-electron chi connectivity index (χ0n) is 19.9. The smallest absolute Gasteiger partial charge is 0.408 e. The van der Waals surface area contributed by atoms with Crippen LogP contribution in [-0.4, -0.2) is 47.5 Å². The van der Waals surface area contributed by atoms with Crippen molar-refractivity contribution in [3.05, 3.63) is 54.6 Å². The molecule has 0 aliphatic rings. The lowest BCUT2D eigenvalue weighted by Gasteiger charge is -2.33. The fourth-order valence-electron chi connectivity index (χ4n) is 3.07. The van der Waals surface area contributed by atoms with Gasteiger partial charge in [-0.3, -0.25) is 9.59 Å². The molecule has 176 valence electrons. The number of benzene rings is 1. The molecule has 0 spiro atoms. The summed E-state index contributed by atoms with van der Waals surface area (Å²) in [6.45, 7) is 17.0. The minimum absolute atomic E-state index is 0.128. The van der Waals surface area contributed by atoms with Gasteiger partial charge in [0, 0.05) is 13.1 Å². The van der Waals surface area contributed by atoms with E-state index in [1.807, 2.05) is 25.1 Å². The van der Waals surface area contributed by atoms with Crippen molar-refractivity contribution >= 4 is 24.0 Å². The predicted molar refractivity (Wildman–Crippen MR) is 128 cm³/mol. The lowest BCUT2D eigenvalue weighted by molar-refractivity contribution is -0.141. The summed E-state index contributed by atoms with van der Waals surface area (Å²) >= 11 is 0. The first kappa shape index (κ1) is 26.9. The number of ether oxygens (including phenoxy) is 1. The summed E-state index contributed by atoms with van der Waals surface area (Å²) in [6.07, 6.45) is 4.30. The van der Waals surface area contributed by atoms with E-state index in [0.29, 0.717) is 12.1 Å². The van der Waals surface area contributed by atoms with Crippen LogP contribution < -0.4 is 10.6 Å². The number of hydrogen-bond acceptors (Lipinski definition) is 4. The second kappa shape index (κ2) is 12.7. The first-order valence-electron chi connectivity index (χ1n) is 10.9. The molecule has 0 radical (unpaired) electrons. The predicted octanol–water partition coefficient (Wildman–Crippen LogP) is 4.21. The molecule has 0 heterocycles. The Labute approximate surface area is 191 Å². The number of nitrogens with one attached hydrogen (secondary N) is 2. The van der Waals surface area contributed by atoms with E-state index in [0.717, 1.165) is 18.4 Å². The van der Waals surface area contributed by atoms with Gasteiger partial charge in [-0.2, -0.15) is 0 Å². The quantitative estimate of drug-likeness (QED) is 0.396. The van der Waals surface area contributed by atoms with Crippen molar-refractivity contribution in [1.82, 2.24) is 15.5 Å². The van der Waals surface area contributed by atoms with E-state index >= 15 is 0 Å². The third-order valence-corrected chi connectivity index (χ3v) is 4.56. The van der Waals surface area contributed by atoms with Gasteiger partial charge in [0.1, 0.15) is 17.7 Å². The van der Waals surface area contributed by atoms with Crippen LogP contribution in [-0.2, 0) is 14.3 Å². The van der Waals surface area contributed by atoms with Crippen LogP contribution in [0.4, 0.5) is 4.79 Å². The maximum atomic E-state index is 13.3. The zero-order valence-corrected chi connectivity index (χ0v) is 19.9. The molecule has 0 saturated carbocycles. The second-order valence-corrected chi connectivity index (χ2v) is 8.57. The average molecular weight is 444 g/mol. The molecule has 0 aliphatic heterocycles. The van der Waals surface area contributed by atoms with Gasteiger partial charge in [0.15, 0.2) is 0 Å². The van der Waals surface area contributed by atoms with Gasteiger partial charge < -0.3 is 20.3 Å². The molecule has 2 atom stereocenters. The van der Waals surface area contributed by atoms with Crippen LogP contribution in [0, 0.1) is 0 Å². The molecule has 7 heteroatoms. The highest BCUT2D eigenvalue weighted by Crippen LogP contribution is 2.24. The molecule has 2 N–H and O–H groups in total. The fourth-order valence-corrected chi connectivity index (χ4v) is 3.07. The Morgan fingerprint density at radius 3 is 2.47 bits per heavy atom. The minimum atomic E-state index is -0.904. The van der Waals surface area contributed by atoms with Crippen LogP contribution in [0.25, 0.3) is 6.08 Å². The van der Waals surface area contributed by atoms with Crippen molar-refractivity contribution < 1.29 is 19.1 Å². The number of nitrogens with zero attached hydrogens (tertiary/aromatic N) is 1. The molecule has 0 aromatic heterocycles. The number of carbonyl (C=O) groups is 3. The minimum Gasteiger partial charge on any atom is -0.444 e. The lowest BCUT2D eigenvalue weighted by atomic mass is 10.0. The molecule has 7 nitrogen and oxygen atoms in total. The summed E-state index contributed by atoms with van der Waals surface area (Å²) < 4.78 is 5.26. The molecule has 1 rings (SSSR count). The van der Waals surface area contributed by atoms with E-state index in [4.69, 9.17) is 4.74 Å². The van der Waals surface area contributed by atoms with E-state index in [9.17, 15) is 14.4 Å². The highest BCUT2D eigenvalue weighted by atomic mass is 16.6. The molecule has 1 aromatic carbocycles. The summed E-state index contributed by atoms with van der Waals surface area (Å²) in [5.41, 5.74) is 0.788. The van der Waals surface area contributed by atoms with Crippen LogP contribution in [0.2, 0.25) is 0 Å². The third-order valence-electron chi connectivity index (χ3n) is 4.56. The average Bonchev–Trinajstić information content (AvgIpc) is 2.71. The van der Waals surface area contributed by atoms with E-state index in [-0.39, 0.29) is 12.5 Å². The largest absolute Gasteiger partial charge is 0.444 e. The molecular weight excluding hydrogens is 406 g/mol. The molecular formula is C25H37N3O4. The Balaban J connectivity index is 3.25. The van der Waals surface area contributed by atoms with Crippen LogP contribution in [0.1, 0.15) is 64.6 Å². The van der Waals surface area contributed by atoms with Crippen molar-refractivity contribution in [1.29, 1.82) is 0 Å². The highest BCUT2D eigenvalue weighted by molar-refractivity contribution is 5.92. The van der Waals surface area contributed by atoms with Crippen LogP contribution in [0.15, 0.2) is 43.5 Å². The standard InChI is InChI=1S/C25H37N3O4/c1-8-11-15-26-22(29)21(20-14-12-13-19(10-3)17-20)28(16-9-2)23(30)18(4)27-24(31)32-25(5,6)7/h9-10,12-14,17-18,21H,2-3,8,11,15-16H2,1,4-7H3,(H,26,29)(H,27,31). The van der Waals surface area contributed by atoms with Gasteiger partial charge in [-0.1, -0.05) is 50.3 Å². The fraction of sp³-hybridized carbons (Fsp3) is 0.480. The van der Waals surface area contributed by atoms with Crippen molar-refractivity contribution in [2.45, 2.75) is 65.1 Å². The zero-order chi connectivity index (χ0) is 24.3. The van der Waals surface area contributed by atoms with Crippen molar-refractivity contribution in [3.63, 3.8) is 0 Å². The van der Waals surface area contributed by atoms with Gasteiger partial charge in [-0.25, -0.2) is 4.79 Å². The van der Waals surface area contributed by atoms with Crippen LogP contribution in [0.3, 0.4) is 0 Å². The molecule has 32 heavy (non-hydrogen) atoms. The topological polar surface area (TPSA) is 87.7 Å². The van der Waals surface area contributed by atoms with Crippen molar-refractivity contribution in [2.24, 2.45) is 0 Å².